The molecule has 0 saturated carbocycles. The van der Waals surface area contributed by atoms with Gasteiger partial charge in [0, 0.05) is 11.3 Å². The Hall–Kier alpha value is -2.70. The Morgan fingerprint density at radius 2 is 1.96 bits per heavy atom. The molecule has 3 N–H and O–H groups in total. The fourth-order valence-corrected chi connectivity index (χ4v) is 2.01. The highest BCUT2D eigenvalue weighted by molar-refractivity contribution is 6.05. The minimum absolute atomic E-state index is 0.0553. The SMILES string of the molecule is CCCOc1ccc(C(=O)Nc2cccc(C(F)(F)F)c2)cc1N. The van der Waals surface area contributed by atoms with E-state index < -0.39 is 17.6 Å². The fraction of sp³-hybridized carbons (Fsp3) is 0.235. The number of ether oxygens (including phenoxy) is 1. The molecule has 0 aromatic heterocycles. The molecule has 4 nitrogen and oxygen atoms in total. The van der Waals surface area contributed by atoms with Crippen LogP contribution in [-0.2, 0) is 6.18 Å². The van der Waals surface area contributed by atoms with Crippen LogP contribution < -0.4 is 15.8 Å². The minimum atomic E-state index is -4.47. The van der Waals surface area contributed by atoms with Crippen molar-refractivity contribution in [3.8, 4) is 5.75 Å². The number of benzene rings is 2. The van der Waals surface area contributed by atoms with Crippen molar-refractivity contribution < 1.29 is 22.7 Å². The summed E-state index contributed by atoms with van der Waals surface area (Å²) in [6.07, 6.45) is -3.65. The molecule has 0 saturated heterocycles. The van der Waals surface area contributed by atoms with E-state index in [9.17, 15) is 18.0 Å². The van der Waals surface area contributed by atoms with E-state index in [0.717, 1.165) is 18.6 Å². The van der Waals surface area contributed by atoms with Crippen molar-refractivity contribution in [2.75, 3.05) is 17.7 Å². The molecule has 0 bridgehead atoms. The topological polar surface area (TPSA) is 64.3 Å². The van der Waals surface area contributed by atoms with Crippen LogP contribution in [0.1, 0.15) is 29.3 Å². The van der Waals surface area contributed by atoms with Crippen molar-refractivity contribution in [3.05, 3.63) is 53.6 Å². The van der Waals surface area contributed by atoms with Crippen molar-refractivity contribution in [1.82, 2.24) is 0 Å². The van der Waals surface area contributed by atoms with Gasteiger partial charge in [0.25, 0.3) is 5.91 Å². The first-order valence-electron chi connectivity index (χ1n) is 7.32. The first kappa shape index (κ1) is 17.7. The molecule has 0 radical (unpaired) electrons. The second-order valence-corrected chi connectivity index (χ2v) is 5.13. The maximum Gasteiger partial charge on any atom is 0.416 e. The predicted octanol–water partition coefficient (Wildman–Crippen LogP) is 4.33. The van der Waals surface area contributed by atoms with E-state index in [1.807, 2.05) is 6.92 Å². The van der Waals surface area contributed by atoms with Crippen LogP contribution in [0.5, 0.6) is 5.75 Å². The number of anilines is 2. The lowest BCUT2D eigenvalue weighted by atomic mass is 10.1. The molecule has 0 heterocycles. The molecule has 0 aliphatic heterocycles. The first-order valence-corrected chi connectivity index (χ1v) is 7.32. The maximum atomic E-state index is 12.7. The minimum Gasteiger partial charge on any atom is -0.491 e. The van der Waals surface area contributed by atoms with Gasteiger partial charge >= 0.3 is 6.18 Å². The summed E-state index contributed by atoms with van der Waals surface area (Å²) in [7, 11) is 0. The Labute approximate surface area is 137 Å². The monoisotopic (exact) mass is 338 g/mol. The van der Waals surface area contributed by atoms with E-state index >= 15 is 0 Å². The highest BCUT2D eigenvalue weighted by Gasteiger charge is 2.30. The van der Waals surface area contributed by atoms with Crippen LogP contribution in [0.3, 0.4) is 0 Å². The zero-order chi connectivity index (χ0) is 17.7. The van der Waals surface area contributed by atoms with E-state index in [1.54, 1.807) is 6.07 Å². The van der Waals surface area contributed by atoms with E-state index in [2.05, 4.69) is 5.32 Å². The number of amides is 1. The normalized spacial score (nSPS) is 11.2. The molecular formula is C17H17F3N2O2. The molecule has 128 valence electrons. The lowest BCUT2D eigenvalue weighted by Gasteiger charge is -2.11. The van der Waals surface area contributed by atoms with Gasteiger partial charge < -0.3 is 15.8 Å². The molecule has 0 fully saturated rings. The van der Waals surface area contributed by atoms with Crippen molar-refractivity contribution in [1.29, 1.82) is 0 Å². The third-order valence-corrected chi connectivity index (χ3v) is 3.18. The lowest BCUT2D eigenvalue weighted by molar-refractivity contribution is -0.137. The average molecular weight is 338 g/mol. The van der Waals surface area contributed by atoms with Crippen LogP contribution in [0.4, 0.5) is 24.5 Å². The predicted molar refractivity (Wildman–Crippen MR) is 86.0 cm³/mol. The molecule has 0 aliphatic rings. The lowest BCUT2D eigenvalue weighted by Crippen LogP contribution is -2.13. The molecule has 0 spiro atoms. The van der Waals surface area contributed by atoms with Crippen molar-refractivity contribution in [3.63, 3.8) is 0 Å². The zero-order valence-corrected chi connectivity index (χ0v) is 13.0. The number of carbonyl (C=O) groups is 1. The highest BCUT2D eigenvalue weighted by atomic mass is 19.4. The molecule has 24 heavy (non-hydrogen) atoms. The smallest absolute Gasteiger partial charge is 0.416 e. The van der Waals surface area contributed by atoms with E-state index in [4.69, 9.17) is 10.5 Å². The number of rotatable bonds is 5. The maximum absolute atomic E-state index is 12.7. The Bertz CT molecular complexity index is 730. The molecule has 0 atom stereocenters. The van der Waals surface area contributed by atoms with Crippen LogP contribution in [-0.4, -0.2) is 12.5 Å². The second-order valence-electron chi connectivity index (χ2n) is 5.13. The third kappa shape index (κ3) is 4.41. The van der Waals surface area contributed by atoms with Gasteiger partial charge in [0.05, 0.1) is 17.9 Å². The van der Waals surface area contributed by atoms with Crippen molar-refractivity contribution in [2.45, 2.75) is 19.5 Å². The first-order chi connectivity index (χ1) is 11.3. The summed E-state index contributed by atoms with van der Waals surface area (Å²) < 4.78 is 43.5. The molecule has 7 heteroatoms. The van der Waals surface area contributed by atoms with Crippen LogP contribution in [0, 0.1) is 0 Å². The number of nitrogens with one attached hydrogen (secondary N) is 1. The molecule has 1 amide bonds. The summed E-state index contributed by atoms with van der Waals surface area (Å²) in [4.78, 5) is 12.2. The Kier molecular flexibility index (Phi) is 5.33. The summed E-state index contributed by atoms with van der Waals surface area (Å²) in [6.45, 7) is 2.45. The number of hydrogen-bond donors (Lipinski definition) is 2. The number of nitrogens with two attached hydrogens (primary N) is 1. The van der Waals surface area contributed by atoms with Crippen molar-refractivity contribution >= 4 is 17.3 Å². The van der Waals surface area contributed by atoms with Crippen LogP contribution >= 0.6 is 0 Å². The van der Waals surface area contributed by atoms with E-state index in [0.29, 0.717) is 18.0 Å². The van der Waals surface area contributed by atoms with Gasteiger partial charge in [0.15, 0.2) is 0 Å². The van der Waals surface area contributed by atoms with Gasteiger partial charge in [-0.05, 0) is 42.8 Å². The van der Waals surface area contributed by atoms with Gasteiger partial charge in [0.1, 0.15) is 5.75 Å². The largest absolute Gasteiger partial charge is 0.491 e. The van der Waals surface area contributed by atoms with Gasteiger partial charge in [-0.3, -0.25) is 4.79 Å². The van der Waals surface area contributed by atoms with Gasteiger partial charge in [-0.2, -0.15) is 13.2 Å². The molecule has 2 aromatic carbocycles. The number of halogens is 3. The third-order valence-electron chi connectivity index (χ3n) is 3.18. The van der Waals surface area contributed by atoms with Crippen LogP contribution in [0.25, 0.3) is 0 Å². The quantitative estimate of drug-likeness (QED) is 0.798. The number of carbonyl (C=O) groups excluding carboxylic acids is 1. The second kappa shape index (κ2) is 7.25. The molecule has 2 aromatic rings. The standard InChI is InChI=1S/C17H17F3N2O2/c1-2-8-24-15-7-6-11(9-14(15)21)16(23)22-13-5-3-4-12(10-13)17(18,19)20/h3-7,9-10H,2,8,21H2,1H3,(H,22,23). The fourth-order valence-electron chi connectivity index (χ4n) is 2.01. The Morgan fingerprint density at radius 1 is 1.21 bits per heavy atom. The summed E-state index contributed by atoms with van der Waals surface area (Å²) >= 11 is 0. The summed E-state index contributed by atoms with van der Waals surface area (Å²) in [5.41, 5.74) is 5.57. The average Bonchev–Trinajstić information content (AvgIpc) is 2.53. The molecule has 0 aliphatic carbocycles. The highest BCUT2D eigenvalue weighted by Crippen LogP contribution is 2.31. The van der Waals surface area contributed by atoms with E-state index in [1.165, 1.54) is 24.3 Å². The number of nitrogen functional groups attached to an aromatic ring is 1. The van der Waals surface area contributed by atoms with Gasteiger partial charge in [-0.15, -0.1) is 0 Å². The number of hydrogen-bond acceptors (Lipinski definition) is 3. The van der Waals surface area contributed by atoms with E-state index in [-0.39, 0.29) is 11.3 Å². The summed E-state index contributed by atoms with van der Waals surface area (Å²) in [5.74, 6) is -0.0875. The van der Waals surface area contributed by atoms with Crippen LogP contribution in [0.15, 0.2) is 42.5 Å². The van der Waals surface area contributed by atoms with Gasteiger partial charge in [0.2, 0.25) is 0 Å². The number of alkyl halides is 3. The Morgan fingerprint density at radius 3 is 2.58 bits per heavy atom. The molecule has 2 rings (SSSR count). The van der Waals surface area contributed by atoms with Crippen LogP contribution in [0.2, 0.25) is 0 Å². The van der Waals surface area contributed by atoms with Crippen molar-refractivity contribution in [2.24, 2.45) is 0 Å². The Balaban J connectivity index is 2.14. The van der Waals surface area contributed by atoms with Gasteiger partial charge in [-0.25, -0.2) is 0 Å². The van der Waals surface area contributed by atoms with Gasteiger partial charge in [-0.1, -0.05) is 13.0 Å². The zero-order valence-electron chi connectivity index (χ0n) is 13.0. The molecule has 0 unspecified atom stereocenters. The summed E-state index contributed by atoms with van der Waals surface area (Å²) in [6, 6.07) is 8.92. The molecular weight excluding hydrogens is 321 g/mol. The summed E-state index contributed by atoms with van der Waals surface area (Å²) in [5, 5.41) is 2.43.